The predicted octanol–water partition coefficient (Wildman–Crippen LogP) is 2.28. The predicted molar refractivity (Wildman–Crippen MR) is 65.2 cm³/mol. The number of likely N-dealkylation sites (tertiary alicyclic amines) is 1. The van der Waals surface area contributed by atoms with Crippen LogP contribution in [-0.4, -0.2) is 23.4 Å². The molecule has 0 bridgehead atoms. The van der Waals surface area contributed by atoms with Crippen LogP contribution in [0.15, 0.2) is 24.3 Å². The largest absolute Gasteiger partial charge is 0.398 e. The monoisotopic (exact) mass is 218 g/mol. The van der Waals surface area contributed by atoms with E-state index in [1.54, 1.807) is 6.07 Å². The molecule has 2 N–H and O–H groups in total. The Morgan fingerprint density at radius 1 is 1.50 bits per heavy atom. The molecule has 1 atom stereocenters. The van der Waals surface area contributed by atoms with Crippen LogP contribution in [0.5, 0.6) is 0 Å². The summed E-state index contributed by atoms with van der Waals surface area (Å²) in [7, 11) is 0. The van der Waals surface area contributed by atoms with Crippen LogP contribution in [0.1, 0.15) is 36.5 Å². The van der Waals surface area contributed by atoms with E-state index in [2.05, 4.69) is 6.92 Å². The molecule has 0 spiro atoms. The number of amides is 1. The average molecular weight is 218 g/mol. The molecule has 1 fully saturated rings. The molecule has 1 aromatic carbocycles. The van der Waals surface area contributed by atoms with Crippen molar-refractivity contribution in [1.29, 1.82) is 0 Å². The fourth-order valence-corrected chi connectivity index (χ4v) is 2.37. The third-order valence-electron chi connectivity index (χ3n) is 3.30. The smallest absolute Gasteiger partial charge is 0.256 e. The molecule has 3 heteroatoms. The fraction of sp³-hybridized carbons (Fsp3) is 0.462. The number of para-hydroxylation sites is 1. The van der Waals surface area contributed by atoms with E-state index in [-0.39, 0.29) is 5.91 Å². The number of carbonyl (C=O) groups is 1. The van der Waals surface area contributed by atoms with E-state index >= 15 is 0 Å². The first-order valence-electron chi connectivity index (χ1n) is 5.89. The lowest BCUT2D eigenvalue weighted by molar-refractivity contribution is 0.0735. The van der Waals surface area contributed by atoms with Crippen LogP contribution in [0, 0.1) is 0 Å². The molecule has 1 unspecified atom stereocenters. The number of hydrogen-bond acceptors (Lipinski definition) is 2. The van der Waals surface area contributed by atoms with Gasteiger partial charge >= 0.3 is 0 Å². The van der Waals surface area contributed by atoms with E-state index < -0.39 is 0 Å². The van der Waals surface area contributed by atoms with Gasteiger partial charge in [0.25, 0.3) is 5.91 Å². The van der Waals surface area contributed by atoms with Crippen LogP contribution in [-0.2, 0) is 0 Å². The van der Waals surface area contributed by atoms with Crippen LogP contribution in [0.25, 0.3) is 0 Å². The first kappa shape index (κ1) is 11.0. The van der Waals surface area contributed by atoms with Crippen LogP contribution in [0.3, 0.4) is 0 Å². The Balaban J connectivity index is 2.22. The molecule has 16 heavy (non-hydrogen) atoms. The van der Waals surface area contributed by atoms with Gasteiger partial charge in [-0.15, -0.1) is 0 Å². The molecule has 1 amide bonds. The van der Waals surface area contributed by atoms with Gasteiger partial charge in [0.05, 0.1) is 5.56 Å². The van der Waals surface area contributed by atoms with E-state index in [9.17, 15) is 4.79 Å². The Morgan fingerprint density at radius 3 is 2.94 bits per heavy atom. The Morgan fingerprint density at radius 2 is 2.25 bits per heavy atom. The molecule has 1 saturated heterocycles. The molecule has 1 aliphatic rings. The fourth-order valence-electron chi connectivity index (χ4n) is 2.37. The van der Waals surface area contributed by atoms with Crippen molar-refractivity contribution in [3.05, 3.63) is 29.8 Å². The van der Waals surface area contributed by atoms with Crippen LogP contribution in [0.2, 0.25) is 0 Å². The van der Waals surface area contributed by atoms with Crippen molar-refractivity contribution in [1.82, 2.24) is 4.90 Å². The molecular weight excluding hydrogens is 200 g/mol. The normalized spacial score (nSPS) is 20.1. The summed E-state index contributed by atoms with van der Waals surface area (Å²) in [6.45, 7) is 3.00. The van der Waals surface area contributed by atoms with Gasteiger partial charge in [0.15, 0.2) is 0 Å². The zero-order valence-corrected chi connectivity index (χ0v) is 9.65. The van der Waals surface area contributed by atoms with Crippen LogP contribution < -0.4 is 5.73 Å². The molecular formula is C13H18N2O. The van der Waals surface area contributed by atoms with Gasteiger partial charge in [-0.05, 0) is 31.4 Å². The first-order chi connectivity index (χ1) is 7.74. The minimum Gasteiger partial charge on any atom is -0.398 e. The van der Waals surface area contributed by atoms with Gasteiger partial charge in [-0.3, -0.25) is 4.79 Å². The summed E-state index contributed by atoms with van der Waals surface area (Å²) in [5.41, 5.74) is 7.05. The van der Waals surface area contributed by atoms with E-state index in [4.69, 9.17) is 5.73 Å². The standard InChI is InChI=1S/C13H18N2O/c1-2-10-6-5-9-15(10)13(16)11-7-3-4-8-12(11)14/h3-4,7-8,10H,2,5-6,9,14H2,1H3. The van der Waals surface area contributed by atoms with E-state index in [0.717, 1.165) is 25.8 Å². The van der Waals surface area contributed by atoms with Crippen molar-refractivity contribution in [2.24, 2.45) is 0 Å². The highest BCUT2D eigenvalue weighted by Gasteiger charge is 2.28. The van der Waals surface area contributed by atoms with Crippen molar-refractivity contribution in [3.63, 3.8) is 0 Å². The molecule has 0 aliphatic carbocycles. The SMILES string of the molecule is CCC1CCCN1C(=O)c1ccccc1N. The second-order valence-electron chi connectivity index (χ2n) is 4.29. The number of benzene rings is 1. The quantitative estimate of drug-likeness (QED) is 0.774. The van der Waals surface area contributed by atoms with Crippen LogP contribution >= 0.6 is 0 Å². The maximum Gasteiger partial charge on any atom is 0.256 e. The minimum absolute atomic E-state index is 0.0856. The van der Waals surface area contributed by atoms with Crippen LogP contribution in [0.4, 0.5) is 5.69 Å². The van der Waals surface area contributed by atoms with E-state index in [0.29, 0.717) is 17.3 Å². The third-order valence-corrected chi connectivity index (χ3v) is 3.30. The van der Waals surface area contributed by atoms with Gasteiger partial charge in [-0.2, -0.15) is 0 Å². The van der Waals surface area contributed by atoms with Crippen molar-refractivity contribution < 1.29 is 4.79 Å². The molecule has 1 aliphatic heterocycles. The molecule has 1 aromatic rings. The number of carbonyl (C=O) groups excluding carboxylic acids is 1. The molecule has 0 aromatic heterocycles. The third kappa shape index (κ3) is 1.90. The highest BCUT2D eigenvalue weighted by molar-refractivity contribution is 5.99. The van der Waals surface area contributed by atoms with Gasteiger partial charge in [0.2, 0.25) is 0 Å². The zero-order chi connectivity index (χ0) is 11.5. The Bertz CT molecular complexity index is 389. The maximum absolute atomic E-state index is 12.3. The second kappa shape index (κ2) is 4.56. The number of nitrogen functional groups attached to an aromatic ring is 1. The highest BCUT2D eigenvalue weighted by Crippen LogP contribution is 2.24. The second-order valence-corrected chi connectivity index (χ2v) is 4.29. The lowest BCUT2D eigenvalue weighted by Crippen LogP contribution is -2.35. The van der Waals surface area contributed by atoms with Gasteiger partial charge in [0, 0.05) is 18.3 Å². The summed E-state index contributed by atoms with van der Waals surface area (Å²) < 4.78 is 0. The van der Waals surface area contributed by atoms with E-state index in [1.807, 2.05) is 23.1 Å². The number of hydrogen-bond donors (Lipinski definition) is 1. The first-order valence-corrected chi connectivity index (χ1v) is 5.89. The van der Waals surface area contributed by atoms with Crippen molar-refractivity contribution in [2.75, 3.05) is 12.3 Å². The lowest BCUT2D eigenvalue weighted by atomic mass is 10.1. The minimum atomic E-state index is 0.0856. The summed E-state index contributed by atoms with van der Waals surface area (Å²) in [5.74, 6) is 0.0856. The van der Waals surface area contributed by atoms with Gasteiger partial charge in [-0.25, -0.2) is 0 Å². The molecule has 0 radical (unpaired) electrons. The summed E-state index contributed by atoms with van der Waals surface area (Å²) >= 11 is 0. The summed E-state index contributed by atoms with van der Waals surface area (Å²) in [5, 5.41) is 0. The number of nitrogens with zero attached hydrogens (tertiary/aromatic N) is 1. The Labute approximate surface area is 96.2 Å². The Hall–Kier alpha value is -1.51. The number of nitrogens with two attached hydrogens (primary N) is 1. The van der Waals surface area contributed by atoms with Gasteiger partial charge < -0.3 is 10.6 Å². The van der Waals surface area contributed by atoms with Crippen molar-refractivity contribution in [2.45, 2.75) is 32.2 Å². The molecule has 86 valence electrons. The summed E-state index contributed by atoms with van der Waals surface area (Å²) in [4.78, 5) is 14.2. The summed E-state index contributed by atoms with van der Waals surface area (Å²) in [6.07, 6.45) is 3.25. The van der Waals surface area contributed by atoms with Gasteiger partial charge in [0.1, 0.15) is 0 Å². The zero-order valence-electron chi connectivity index (χ0n) is 9.65. The number of rotatable bonds is 2. The summed E-state index contributed by atoms with van der Waals surface area (Å²) in [6, 6.07) is 7.70. The maximum atomic E-state index is 12.3. The molecule has 2 rings (SSSR count). The molecule has 0 saturated carbocycles. The van der Waals surface area contributed by atoms with Crippen molar-refractivity contribution >= 4 is 11.6 Å². The van der Waals surface area contributed by atoms with Gasteiger partial charge in [-0.1, -0.05) is 19.1 Å². The van der Waals surface area contributed by atoms with E-state index in [1.165, 1.54) is 0 Å². The topological polar surface area (TPSA) is 46.3 Å². The number of anilines is 1. The highest BCUT2D eigenvalue weighted by atomic mass is 16.2. The average Bonchev–Trinajstić information content (AvgIpc) is 2.77. The molecule has 3 nitrogen and oxygen atoms in total. The Kier molecular flexibility index (Phi) is 3.13. The molecule has 1 heterocycles. The lowest BCUT2D eigenvalue weighted by Gasteiger charge is -2.24. The van der Waals surface area contributed by atoms with Crippen molar-refractivity contribution in [3.8, 4) is 0 Å².